The maximum atomic E-state index is 14.4. The van der Waals surface area contributed by atoms with Crippen LogP contribution in [0.3, 0.4) is 0 Å². The normalized spacial score (nSPS) is 14.1. The Balaban J connectivity index is 1.29. The Morgan fingerprint density at radius 1 is 1.09 bits per heavy atom. The van der Waals surface area contributed by atoms with E-state index in [0.29, 0.717) is 51.4 Å². The van der Waals surface area contributed by atoms with Gasteiger partial charge in [-0.25, -0.2) is 14.5 Å². The van der Waals surface area contributed by atoms with Gasteiger partial charge in [0.05, 0.1) is 52.4 Å². The molecular formula is C35H33N9O3. The Morgan fingerprint density at radius 3 is 2.66 bits per heavy atom. The van der Waals surface area contributed by atoms with Gasteiger partial charge >= 0.3 is 0 Å². The molecule has 2 aromatic carbocycles. The zero-order chi connectivity index (χ0) is 32.7. The van der Waals surface area contributed by atoms with E-state index in [0.717, 1.165) is 24.3 Å². The van der Waals surface area contributed by atoms with Crippen molar-refractivity contribution in [2.24, 2.45) is 7.05 Å². The van der Waals surface area contributed by atoms with Gasteiger partial charge in [-0.1, -0.05) is 36.1 Å². The number of carbonyl (C=O) groups excluding carboxylic acids is 1. The molecule has 1 atom stereocenters. The Labute approximate surface area is 270 Å². The highest BCUT2D eigenvalue weighted by molar-refractivity contribution is 6.01. The molecule has 1 fully saturated rings. The van der Waals surface area contributed by atoms with Gasteiger partial charge in [0.15, 0.2) is 5.65 Å². The number of hydrogen-bond donors (Lipinski definition) is 2. The second-order valence-corrected chi connectivity index (χ2v) is 11.7. The highest BCUT2D eigenvalue weighted by atomic mass is 16.3. The highest BCUT2D eigenvalue weighted by Crippen LogP contribution is 2.29. The fourth-order valence-electron chi connectivity index (χ4n) is 6.29. The number of nitrogens with zero attached hydrogens (tertiary/aromatic N) is 8. The third kappa shape index (κ3) is 5.45. The Hall–Kier alpha value is -5.64. The van der Waals surface area contributed by atoms with E-state index in [9.17, 15) is 14.7 Å². The predicted molar refractivity (Wildman–Crippen MR) is 176 cm³/mol. The summed E-state index contributed by atoms with van der Waals surface area (Å²) < 4.78 is 4.96. The molecule has 0 saturated carbocycles. The van der Waals surface area contributed by atoms with Crippen molar-refractivity contribution in [3.8, 4) is 17.5 Å². The Bertz CT molecular complexity index is 2250. The number of aryl methyl sites for hydroxylation is 2. The molecule has 236 valence electrons. The number of hydrogen-bond acceptors (Lipinski definition) is 8. The smallest absolute Gasteiger partial charge is 0.267 e. The quantitative estimate of drug-likeness (QED) is 0.258. The van der Waals surface area contributed by atoms with Crippen LogP contribution in [0, 0.1) is 18.8 Å². The number of aromatic nitrogens is 7. The number of nitrogens with one attached hydrogen (secondary N) is 1. The number of fused-ring (bicyclic) bond motifs is 2. The number of β-amino-alcohol motifs (C(OH)–C–C–N with tert-alkyl or cyclic N) is 1. The molecule has 1 amide bonds. The molecule has 0 spiro atoms. The van der Waals surface area contributed by atoms with Gasteiger partial charge in [0.2, 0.25) is 0 Å². The van der Waals surface area contributed by atoms with Gasteiger partial charge in [-0.15, -0.1) is 0 Å². The van der Waals surface area contributed by atoms with Gasteiger partial charge in [-0.2, -0.15) is 10.2 Å². The molecular weight excluding hydrogens is 594 g/mol. The van der Waals surface area contributed by atoms with E-state index in [4.69, 9.17) is 4.98 Å². The SMILES string of the molecule is Cc1nn2cccnc2c1C(=O)NC(C)c1nc2cccc(C#Cc3cnn(C)c3C3CN(CCO)C3)c2c(=O)n1-c1ccccc1. The van der Waals surface area contributed by atoms with Crippen LogP contribution in [0.1, 0.15) is 57.6 Å². The summed E-state index contributed by atoms with van der Waals surface area (Å²) in [5.41, 5.74) is 4.54. The number of aliphatic hydroxyl groups is 1. The van der Waals surface area contributed by atoms with Gasteiger partial charge in [0.1, 0.15) is 11.4 Å². The molecule has 1 unspecified atom stereocenters. The predicted octanol–water partition coefficient (Wildman–Crippen LogP) is 2.75. The topological polar surface area (TPSA) is 135 Å². The van der Waals surface area contributed by atoms with Crippen molar-refractivity contribution < 1.29 is 9.90 Å². The van der Waals surface area contributed by atoms with E-state index in [1.807, 2.05) is 54.2 Å². The molecule has 4 aromatic heterocycles. The molecule has 47 heavy (non-hydrogen) atoms. The minimum atomic E-state index is -0.654. The van der Waals surface area contributed by atoms with Gasteiger partial charge in [-0.3, -0.25) is 23.7 Å². The first-order chi connectivity index (χ1) is 22.8. The average molecular weight is 628 g/mol. The average Bonchev–Trinajstić information content (AvgIpc) is 3.59. The zero-order valence-corrected chi connectivity index (χ0v) is 26.3. The van der Waals surface area contributed by atoms with Crippen molar-refractivity contribution in [3.63, 3.8) is 0 Å². The van der Waals surface area contributed by atoms with Crippen molar-refractivity contribution >= 4 is 22.5 Å². The fourth-order valence-corrected chi connectivity index (χ4v) is 6.29. The monoisotopic (exact) mass is 627 g/mol. The zero-order valence-electron chi connectivity index (χ0n) is 26.3. The van der Waals surface area contributed by atoms with Crippen LogP contribution >= 0.6 is 0 Å². The van der Waals surface area contributed by atoms with Crippen LogP contribution in [0.4, 0.5) is 0 Å². The van der Waals surface area contributed by atoms with Crippen molar-refractivity contribution in [1.29, 1.82) is 0 Å². The van der Waals surface area contributed by atoms with Crippen LogP contribution in [-0.4, -0.2) is 76.1 Å². The summed E-state index contributed by atoms with van der Waals surface area (Å²) >= 11 is 0. The standard InChI is InChI=1S/C35H33N9O3/c1-22-29(33-36-15-8-16-43(33)40-22)34(46)38-23(2)32-39-28-12-7-9-24(30(28)35(47)44(32)27-10-5-4-6-11-27)13-14-25-19-37-41(3)31(25)26-20-42(21-26)17-18-45/h4-12,15-16,19,23,26,45H,17-18,20-21H2,1-3H3,(H,38,46). The molecule has 6 aromatic rings. The minimum Gasteiger partial charge on any atom is -0.395 e. The van der Waals surface area contributed by atoms with E-state index < -0.39 is 6.04 Å². The molecule has 2 N–H and O–H groups in total. The van der Waals surface area contributed by atoms with Crippen LogP contribution in [0.25, 0.3) is 22.2 Å². The van der Waals surface area contributed by atoms with Crippen molar-refractivity contribution in [1.82, 2.24) is 44.1 Å². The molecule has 12 heteroatoms. The molecule has 1 saturated heterocycles. The van der Waals surface area contributed by atoms with Crippen LogP contribution in [0.15, 0.2) is 78.0 Å². The first-order valence-electron chi connectivity index (χ1n) is 15.4. The van der Waals surface area contributed by atoms with E-state index in [1.54, 1.807) is 53.7 Å². The van der Waals surface area contributed by atoms with Gasteiger partial charge in [0.25, 0.3) is 11.5 Å². The number of likely N-dealkylation sites (tertiary alicyclic amines) is 1. The number of carbonyl (C=O) groups is 1. The lowest BCUT2D eigenvalue weighted by molar-refractivity contribution is 0.0938. The lowest BCUT2D eigenvalue weighted by atomic mass is 9.93. The summed E-state index contributed by atoms with van der Waals surface area (Å²) in [4.78, 5) is 39.5. The maximum absolute atomic E-state index is 14.4. The van der Waals surface area contributed by atoms with Gasteiger partial charge in [-0.05, 0) is 44.2 Å². The van der Waals surface area contributed by atoms with E-state index >= 15 is 0 Å². The molecule has 0 aliphatic carbocycles. The Kier molecular flexibility index (Phi) is 7.85. The van der Waals surface area contributed by atoms with Crippen LogP contribution in [0.5, 0.6) is 0 Å². The van der Waals surface area contributed by atoms with Gasteiger partial charge < -0.3 is 10.4 Å². The number of rotatable bonds is 7. The second-order valence-electron chi connectivity index (χ2n) is 11.7. The second kappa shape index (κ2) is 12.3. The summed E-state index contributed by atoms with van der Waals surface area (Å²) in [5, 5.41) is 21.6. The fraction of sp³-hybridized carbons (Fsp3) is 0.257. The van der Waals surface area contributed by atoms with Gasteiger partial charge in [0, 0.05) is 50.6 Å². The molecule has 1 aliphatic heterocycles. The number of benzene rings is 2. The number of amides is 1. The summed E-state index contributed by atoms with van der Waals surface area (Å²) in [5.74, 6) is 6.80. The maximum Gasteiger partial charge on any atom is 0.267 e. The van der Waals surface area contributed by atoms with E-state index in [2.05, 4.69) is 37.2 Å². The molecule has 1 aliphatic rings. The summed E-state index contributed by atoms with van der Waals surface area (Å²) in [6.45, 7) is 6.01. The first kappa shape index (κ1) is 30.0. The summed E-state index contributed by atoms with van der Waals surface area (Å²) in [7, 11) is 1.91. The lowest BCUT2D eigenvalue weighted by Gasteiger charge is -2.39. The molecule has 7 rings (SSSR count). The molecule has 0 bridgehead atoms. The van der Waals surface area contributed by atoms with Crippen molar-refractivity contribution in [3.05, 3.63) is 117 Å². The van der Waals surface area contributed by atoms with Crippen LogP contribution < -0.4 is 10.9 Å². The van der Waals surface area contributed by atoms with E-state index in [1.165, 1.54) is 0 Å². The minimum absolute atomic E-state index is 0.131. The van der Waals surface area contributed by atoms with Crippen molar-refractivity contribution in [2.45, 2.75) is 25.8 Å². The van der Waals surface area contributed by atoms with E-state index in [-0.39, 0.29) is 24.0 Å². The highest BCUT2D eigenvalue weighted by Gasteiger charge is 2.31. The number of para-hydroxylation sites is 1. The third-order valence-electron chi connectivity index (χ3n) is 8.55. The van der Waals surface area contributed by atoms with Crippen LogP contribution in [-0.2, 0) is 7.05 Å². The van der Waals surface area contributed by atoms with Crippen molar-refractivity contribution in [2.75, 3.05) is 26.2 Å². The first-order valence-corrected chi connectivity index (χ1v) is 15.4. The molecule has 0 radical (unpaired) electrons. The Morgan fingerprint density at radius 2 is 1.87 bits per heavy atom. The third-order valence-corrected chi connectivity index (χ3v) is 8.55. The largest absolute Gasteiger partial charge is 0.395 e. The summed E-state index contributed by atoms with van der Waals surface area (Å²) in [6.07, 6.45) is 5.11. The molecule has 5 heterocycles. The lowest BCUT2D eigenvalue weighted by Crippen LogP contribution is -2.47. The van der Waals surface area contributed by atoms with Crippen LogP contribution in [0.2, 0.25) is 0 Å². The molecule has 12 nitrogen and oxygen atoms in total. The number of aliphatic hydroxyl groups excluding tert-OH is 1. The summed E-state index contributed by atoms with van der Waals surface area (Å²) in [6, 6.07) is 15.8.